The second-order valence-electron chi connectivity index (χ2n) is 5.81. The molecule has 1 aliphatic heterocycles. The van der Waals surface area contributed by atoms with E-state index in [9.17, 15) is 4.79 Å². The van der Waals surface area contributed by atoms with Gasteiger partial charge in [-0.05, 0) is 52.2 Å². The van der Waals surface area contributed by atoms with Crippen LogP contribution in [0.3, 0.4) is 0 Å². The molecule has 110 valence electrons. The minimum absolute atomic E-state index is 0.178. The van der Waals surface area contributed by atoms with Gasteiger partial charge in [-0.3, -0.25) is 4.79 Å². The van der Waals surface area contributed by atoms with Gasteiger partial charge in [-0.25, -0.2) is 0 Å². The SMILES string of the molecule is CN1CCC(N(C)CCC(=O)c2cccc(N)c2)CC1. The Bertz CT molecular complexity index is 453. The summed E-state index contributed by atoms with van der Waals surface area (Å²) < 4.78 is 0. The highest BCUT2D eigenvalue weighted by molar-refractivity contribution is 5.96. The van der Waals surface area contributed by atoms with Gasteiger partial charge in [0.05, 0.1) is 0 Å². The lowest BCUT2D eigenvalue weighted by molar-refractivity contribution is 0.0939. The number of hydrogen-bond donors (Lipinski definition) is 1. The van der Waals surface area contributed by atoms with Gasteiger partial charge in [0.2, 0.25) is 0 Å². The average molecular weight is 275 g/mol. The largest absolute Gasteiger partial charge is 0.399 e. The number of benzene rings is 1. The number of likely N-dealkylation sites (tertiary alicyclic amines) is 1. The molecular weight excluding hydrogens is 250 g/mol. The summed E-state index contributed by atoms with van der Waals surface area (Å²) in [5.41, 5.74) is 7.09. The van der Waals surface area contributed by atoms with Crippen molar-refractivity contribution in [3.05, 3.63) is 29.8 Å². The number of piperidine rings is 1. The Hall–Kier alpha value is -1.39. The molecule has 1 aromatic rings. The molecule has 1 aliphatic rings. The molecule has 0 aromatic heterocycles. The summed E-state index contributed by atoms with van der Waals surface area (Å²) in [6, 6.07) is 7.86. The molecule has 2 rings (SSSR count). The highest BCUT2D eigenvalue weighted by Crippen LogP contribution is 2.15. The van der Waals surface area contributed by atoms with E-state index >= 15 is 0 Å². The van der Waals surface area contributed by atoms with Crippen LogP contribution in [0.1, 0.15) is 29.6 Å². The van der Waals surface area contributed by atoms with Crippen molar-refractivity contribution in [3.63, 3.8) is 0 Å². The molecule has 1 heterocycles. The third-order valence-corrected chi connectivity index (χ3v) is 4.21. The fourth-order valence-electron chi connectivity index (χ4n) is 2.75. The molecule has 0 atom stereocenters. The number of nitrogens with two attached hydrogens (primary N) is 1. The summed E-state index contributed by atoms with van der Waals surface area (Å²) in [6.07, 6.45) is 2.95. The molecule has 1 aromatic carbocycles. The number of Topliss-reactive ketones (excluding diaryl/α,β-unsaturated/α-hetero) is 1. The molecule has 0 spiro atoms. The van der Waals surface area contributed by atoms with E-state index in [0.717, 1.165) is 25.2 Å². The summed E-state index contributed by atoms with van der Waals surface area (Å²) in [7, 11) is 4.29. The zero-order chi connectivity index (χ0) is 14.5. The Kier molecular flexibility index (Phi) is 5.15. The van der Waals surface area contributed by atoms with Crippen LogP contribution in [0.4, 0.5) is 5.69 Å². The van der Waals surface area contributed by atoms with E-state index < -0.39 is 0 Å². The molecule has 0 unspecified atom stereocenters. The standard InChI is InChI=1S/C16H25N3O/c1-18-9-6-15(7-10-18)19(2)11-8-16(20)13-4-3-5-14(17)12-13/h3-5,12,15H,6-11,17H2,1-2H3. The molecule has 1 fully saturated rings. The first kappa shape index (κ1) is 15.0. The molecule has 4 heteroatoms. The van der Waals surface area contributed by atoms with E-state index in [2.05, 4.69) is 23.9 Å². The third-order valence-electron chi connectivity index (χ3n) is 4.21. The van der Waals surface area contributed by atoms with Crippen LogP contribution < -0.4 is 5.73 Å². The number of hydrogen-bond acceptors (Lipinski definition) is 4. The molecule has 20 heavy (non-hydrogen) atoms. The van der Waals surface area contributed by atoms with E-state index in [1.807, 2.05) is 12.1 Å². The number of carbonyl (C=O) groups excluding carboxylic acids is 1. The summed E-state index contributed by atoms with van der Waals surface area (Å²) in [6.45, 7) is 3.12. The number of nitrogens with zero attached hydrogens (tertiary/aromatic N) is 2. The molecule has 0 saturated carbocycles. The predicted octanol–water partition coefficient (Wildman–Crippen LogP) is 1.87. The topological polar surface area (TPSA) is 49.6 Å². The molecule has 0 aliphatic carbocycles. The monoisotopic (exact) mass is 275 g/mol. The quantitative estimate of drug-likeness (QED) is 0.658. The summed E-state index contributed by atoms with van der Waals surface area (Å²) in [4.78, 5) is 16.8. The Morgan fingerprint density at radius 1 is 1.40 bits per heavy atom. The van der Waals surface area contributed by atoms with E-state index in [4.69, 9.17) is 5.73 Å². The molecular formula is C16H25N3O. The lowest BCUT2D eigenvalue weighted by Gasteiger charge is -2.35. The van der Waals surface area contributed by atoms with Crippen LogP contribution in [-0.2, 0) is 0 Å². The molecule has 1 saturated heterocycles. The van der Waals surface area contributed by atoms with Crippen LogP contribution in [0, 0.1) is 0 Å². The van der Waals surface area contributed by atoms with Gasteiger partial charge < -0.3 is 15.5 Å². The van der Waals surface area contributed by atoms with Crippen molar-refractivity contribution in [1.29, 1.82) is 0 Å². The van der Waals surface area contributed by atoms with Crippen molar-refractivity contribution in [2.24, 2.45) is 0 Å². The second-order valence-corrected chi connectivity index (χ2v) is 5.81. The molecule has 0 amide bonds. The number of nitrogen functional groups attached to an aromatic ring is 1. The van der Waals surface area contributed by atoms with Gasteiger partial charge in [0.15, 0.2) is 5.78 Å². The van der Waals surface area contributed by atoms with Crippen molar-refractivity contribution >= 4 is 11.5 Å². The summed E-state index contributed by atoms with van der Waals surface area (Å²) >= 11 is 0. The minimum Gasteiger partial charge on any atom is -0.399 e. The smallest absolute Gasteiger partial charge is 0.164 e. The van der Waals surface area contributed by atoms with Gasteiger partial charge in [-0.2, -0.15) is 0 Å². The van der Waals surface area contributed by atoms with Gasteiger partial charge in [0.1, 0.15) is 0 Å². The fraction of sp³-hybridized carbons (Fsp3) is 0.562. The van der Waals surface area contributed by atoms with Crippen molar-refractivity contribution in [1.82, 2.24) is 9.80 Å². The highest BCUT2D eigenvalue weighted by Gasteiger charge is 2.20. The van der Waals surface area contributed by atoms with E-state index in [1.54, 1.807) is 12.1 Å². The van der Waals surface area contributed by atoms with Crippen molar-refractivity contribution in [3.8, 4) is 0 Å². The van der Waals surface area contributed by atoms with E-state index in [1.165, 1.54) is 12.8 Å². The molecule has 0 radical (unpaired) electrons. The number of ketones is 1. The first-order valence-electron chi connectivity index (χ1n) is 7.34. The van der Waals surface area contributed by atoms with Crippen LogP contribution in [0.15, 0.2) is 24.3 Å². The fourth-order valence-corrected chi connectivity index (χ4v) is 2.75. The van der Waals surface area contributed by atoms with Crippen LogP contribution >= 0.6 is 0 Å². The van der Waals surface area contributed by atoms with Crippen molar-refractivity contribution in [2.45, 2.75) is 25.3 Å². The van der Waals surface area contributed by atoms with Crippen molar-refractivity contribution < 1.29 is 4.79 Å². The lowest BCUT2D eigenvalue weighted by Crippen LogP contribution is -2.42. The highest BCUT2D eigenvalue weighted by atomic mass is 16.1. The first-order valence-corrected chi connectivity index (χ1v) is 7.34. The van der Waals surface area contributed by atoms with Crippen LogP contribution in [-0.4, -0.2) is 55.4 Å². The van der Waals surface area contributed by atoms with Gasteiger partial charge in [-0.15, -0.1) is 0 Å². The summed E-state index contributed by atoms with van der Waals surface area (Å²) in [5, 5.41) is 0. The maximum absolute atomic E-state index is 12.1. The second kappa shape index (κ2) is 6.86. The zero-order valence-electron chi connectivity index (χ0n) is 12.5. The minimum atomic E-state index is 0.178. The average Bonchev–Trinajstić information content (AvgIpc) is 2.45. The summed E-state index contributed by atoms with van der Waals surface area (Å²) in [5.74, 6) is 0.178. The molecule has 4 nitrogen and oxygen atoms in total. The predicted molar refractivity (Wildman–Crippen MR) is 83.0 cm³/mol. The third kappa shape index (κ3) is 4.05. The maximum atomic E-state index is 12.1. The first-order chi connectivity index (χ1) is 9.56. The van der Waals surface area contributed by atoms with Gasteiger partial charge in [-0.1, -0.05) is 12.1 Å². The van der Waals surface area contributed by atoms with Gasteiger partial charge in [0, 0.05) is 30.3 Å². The van der Waals surface area contributed by atoms with Crippen LogP contribution in [0.25, 0.3) is 0 Å². The number of rotatable bonds is 5. The Morgan fingerprint density at radius 3 is 2.75 bits per heavy atom. The normalized spacial score (nSPS) is 17.6. The maximum Gasteiger partial charge on any atom is 0.164 e. The number of carbonyl (C=O) groups is 1. The van der Waals surface area contributed by atoms with Gasteiger partial charge in [0.25, 0.3) is 0 Å². The zero-order valence-corrected chi connectivity index (χ0v) is 12.5. The van der Waals surface area contributed by atoms with Crippen LogP contribution in [0.5, 0.6) is 0 Å². The lowest BCUT2D eigenvalue weighted by atomic mass is 10.0. The van der Waals surface area contributed by atoms with Crippen molar-refractivity contribution in [2.75, 3.05) is 39.5 Å². The Labute approximate surface area is 121 Å². The van der Waals surface area contributed by atoms with Gasteiger partial charge >= 0.3 is 0 Å². The molecule has 0 bridgehead atoms. The Balaban J connectivity index is 1.81. The van der Waals surface area contributed by atoms with E-state index in [0.29, 0.717) is 18.2 Å². The van der Waals surface area contributed by atoms with Crippen LogP contribution in [0.2, 0.25) is 0 Å². The Morgan fingerprint density at radius 2 is 2.10 bits per heavy atom. The van der Waals surface area contributed by atoms with E-state index in [-0.39, 0.29) is 5.78 Å². The molecule has 2 N–H and O–H groups in total. The number of anilines is 1.